The van der Waals surface area contributed by atoms with Crippen LogP contribution in [-0.2, 0) is 9.53 Å². The summed E-state index contributed by atoms with van der Waals surface area (Å²) < 4.78 is 5.40. The Labute approximate surface area is 245 Å². The fourth-order valence-electron chi connectivity index (χ4n) is 5.20. The monoisotopic (exact) mass is 555 g/mol. The van der Waals surface area contributed by atoms with Gasteiger partial charge in [-0.3, -0.25) is 4.79 Å². The van der Waals surface area contributed by atoms with Crippen molar-refractivity contribution in [3.05, 3.63) is 0 Å². The SMILES string of the molecule is CCC(=O)OCCC(CCCCCCCCC(C)C)SCCCCCCCCCCCCCCCC(C)C. The lowest BCUT2D eigenvalue weighted by Crippen LogP contribution is -2.11. The average Bonchev–Trinajstić information content (AvgIpc) is 2.88. The quantitative estimate of drug-likeness (QED) is 0.0652. The molecule has 0 aliphatic rings. The second-order valence-electron chi connectivity index (χ2n) is 12.7. The molecule has 0 fully saturated rings. The van der Waals surface area contributed by atoms with Gasteiger partial charge in [0.25, 0.3) is 0 Å². The summed E-state index contributed by atoms with van der Waals surface area (Å²) in [7, 11) is 0. The molecule has 1 atom stereocenters. The van der Waals surface area contributed by atoms with E-state index in [0.29, 0.717) is 18.3 Å². The number of carbonyl (C=O) groups is 1. The Morgan fingerprint density at radius 1 is 0.526 bits per heavy atom. The fraction of sp³-hybridized carbons (Fsp3) is 0.971. The second-order valence-corrected chi connectivity index (χ2v) is 14.1. The zero-order valence-electron chi connectivity index (χ0n) is 26.8. The van der Waals surface area contributed by atoms with Crippen molar-refractivity contribution < 1.29 is 9.53 Å². The molecule has 0 aromatic heterocycles. The van der Waals surface area contributed by atoms with Crippen molar-refractivity contribution in [2.24, 2.45) is 11.8 Å². The van der Waals surface area contributed by atoms with Gasteiger partial charge < -0.3 is 4.74 Å². The fourth-order valence-corrected chi connectivity index (χ4v) is 6.50. The van der Waals surface area contributed by atoms with Gasteiger partial charge in [-0.25, -0.2) is 0 Å². The summed E-state index contributed by atoms with van der Waals surface area (Å²) >= 11 is 2.15. The van der Waals surface area contributed by atoms with Crippen molar-refractivity contribution in [3.8, 4) is 0 Å². The molecule has 0 aliphatic heterocycles. The minimum Gasteiger partial charge on any atom is -0.466 e. The number of hydrogen-bond donors (Lipinski definition) is 0. The highest BCUT2D eigenvalue weighted by molar-refractivity contribution is 7.99. The van der Waals surface area contributed by atoms with Crippen molar-refractivity contribution >= 4 is 17.7 Å². The van der Waals surface area contributed by atoms with Crippen LogP contribution in [-0.4, -0.2) is 23.6 Å². The summed E-state index contributed by atoms with van der Waals surface area (Å²) in [6.45, 7) is 11.8. The zero-order valence-corrected chi connectivity index (χ0v) is 27.7. The maximum absolute atomic E-state index is 11.5. The highest BCUT2D eigenvalue weighted by Gasteiger charge is 2.11. The van der Waals surface area contributed by atoms with E-state index in [9.17, 15) is 4.79 Å². The number of esters is 1. The van der Waals surface area contributed by atoms with Gasteiger partial charge in [0.15, 0.2) is 0 Å². The normalized spacial score (nSPS) is 12.5. The molecule has 38 heavy (non-hydrogen) atoms. The van der Waals surface area contributed by atoms with Gasteiger partial charge in [0, 0.05) is 11.7 Å². The molecule has 0 aliphatic carbocycles. The standard InChI is InChI=1S/C35H70O2S/c1-6-35(36)37-30-29-34(28-24-20-16-15-19-23-27-33(4)5)38-31-25-21-17-13-11-9-7-8-10-12-14-18-22-26-32(2)3/h32-34H,6-31H2,1-5H3. The van der Waals surface area contributed by atoms with E-state index in [4.69, 9.17) is 4.74 Å². The van der Waals surface area contributed by atoms with Crippen molar-refractivity contribution in [1.29, 1.82) is 0 Å². The summed E-state index contributed by atoms with van der Waals surface area (Å²) in [5.41, 5.74) is 0. The number of carbonyl (C=O) groups excluding carboxylic acids is 1. The van der Waals surface area contributed by atoms with Crippen LogP contribution in [0.4, 0.5) is 0 Å². The highest BCUT2D eigenvalue weighted by Crippen LogP contribution is 2.24. The van der Waals surface area contributed by atoms with Gasteiger partial charge in [0.2, 0.25) is 0 Å². The molecule has 0 N–H and O–H groups in total. The number of ether oxygens (including phenoxy) is 1. The molecular weight excluding hydrogens is 484 g/mol. The van der Waals surface area contributed by atoms with E-state index in [-0.39, 0.29) is 5.97 Å². The first-order valence-corrected chi connectivity index (χ1v) is 18.3. The van der Waals surface area contributed by atoms with Gasteiger partial charge in [-0.15, -0.1) is 0 Å². The predicted octanol–water partition coefficient (Wildman–Crippen LogP) is 12.3. The minimum absolute atomic E-state index is 0.0488. The van der Waals surface area contributed by atoms with E-state index in [1.165, 1.54) is 147 Å². The average molecular weight is 555 g/mol. The molecule has 0 rings (SSSR count). The van der Waals surface area contributed by atoms with E-state index in [2.05, 4.69) is 39.5 Å². The van der Waals surface area contributed by atoms with Crippen LogP contribution in [0.1, 0.15) is 189 Å². The lowest BCUT2D eigenvalue weighted by atomic mass is 10.0. The van der Waals surface area contributed by atoms with Gasteiger partial charge in [0.1, 0.15) is 0 Å². The highest BCUT2D eigenvalue weighted by atomic mass is 32.2. The smallest absolute Gasteiger partial charge is 0.305 e. The summed E-state index contributed by atoms with van der Waals surface area (Å²) in [6, 6.07) is 0. The van der Waals surface area contributed by atoms with E-state index in [1.807, 2.05) is 6.92 Å². The third-order valence-corrected chi connectivity index (χ3v) is 9.30. The Bertz CT molecular complexity index is 477. The summed E-state index contributed by atoms with van der Waals surface area (Å²) in [6.07, 6.45) is 32.5. The third kappa shape index (κ3) is 30.4. The largest absolute Gasteiger partial charge is 0.466 e. The molecule has 0 saturated carbocycles. The molecule has 0 aromatic rings. The lowest BCUT2D eigenvalue weighted by molar-refractivity contribution is -0.143. The molecule has 0 spiro atoms. The van der Waals surface area contributed by atoms with Crippen LogP contribution in [0, 0.1) is 11.8 Å². The Morgan fingerprint density at radius 2 is 0.895 bits per heavy atom. The summed E-state index contributed by atoms with van der Waals surface area (Å²) in [4.78, 5) is 11.5. The molecule has 3 heteroatoms. The Balaban J connectivity index is 3.70. The van der Waals surface area contributed by atoms with Crippen LogP contribution >= 0.6 is 11.8 Å². The molecule has 2 nitrogen and oxygen atoms in total. The predicted molar refractivity (Wildman–Crippen MR) is 173 cm³/mol. The lowest BCUT2D eigenvalue weighted by Gasteiger charge is -2.17. The molecule has 1 unspecified atom stereocenters. The molecular formula is C35H70O2S. The number of unbranched alkanes of at least 4 members (excludes halogenated alkanes) is 17. The topological polar surface area (TPSA) is 26.3 Å². The first-order chi connectivity index (χ1) is 18.5. The first-order valence-electron chi connectivity index (χ1n) is 17.2. The van der Waals surface area contributed by atoms with Gasteiger partial charge in [-0.05, 0) is 36.9 Å². The molecule has 0 aromatic carbocycles. The van der Waals surface area contributed by atoms with Crippen molar-refractivity contribution in [2.45, 2.75) is 194 Å². The molecule has 0 heterocycles. The van der Waals surface area contributed by atoms with Crippen LogP contribution in [0.25, 0.3) is 0 Å². The Kier molecular flexibility index (Phi) is 29.7. The van der Waals surface area contributed by atoms with Crippen molar-refractivity contribution in [1.82, 2.24) is 0 Å². The van der Waals surface area contributed by atoms with Crippen LogP contribution < -0.4 is 0 Å². The van der Waals surface area contributed by atoms with E-state index >= 15 is 0 Å². The number of thioether (sulfide) groups is 1. The Hall–Kier alpha value is -0.180. The van der Waals surface area contributed by atoms with E-state index in [1.54, 1.807) is 0 Å². The number of hydrogen-bond acceptors (Lipinski definition) is 3. The second kappa shape index (κ2) is 29.8. The maximum Gasteiger partial charge on any atom is 0.305 e. The van der Waals surface area contributed by atoms with Gasteiger partial charge in [-0.1, -0.05) is 163 Å². The summed E-state index contributed by atoms with van der Waals surface area (Å²) in [5, 5.41) is 0.663. The first kappa shape index (κ1) is 37.8. The van der Waals surface area contributed by atoms with Crippen molar-refractivity contribution in [3.63, 3.8) is 0 Å². The molecule has 0 saturated heterocycles. The number of rotatable bonds is 30. The summed E-state index contributed by atoms with van der Waals surface area (Å²) in [5.74, 6) is 2.96. The van der Waals surface area contributed by atoms with Crippen LogP contribution in [0.5, 0.6) is 0 Å². The Morgan fingerprint density at radius 3 is 1.29 bits per heavy atom. The maximum atomic E-state index is 11.5. The van der Waals surface area contributed by atoms with Crippen LogP contribution in [0.2, 0.25) is 0 Å². The van der Waals surface area contributed by atoms with Crippen molar-refractivity contribution in [2.75, 3.05) is 12.4 Å². The molecule has 0 bridgehead atoms. The minimum atomic E-state index is -0.0488. The van der Waals surface area contributed by atoms with E-state index in [0.717, 1.165) is 18.3 Å². The van der Waals surface area contributed by atoms with Gasteiger partial charge in [0.05, 0.1) is 6.61 Å². The van der Waals surface area contributed by atoms with Gasteiger partial charge >= 0.3 is 5.97 Å². The third-order valence-electron chi connectivity index (χ3n) is 7.83. The molecule has 228 valence electrons. The zero-order chi connectivity index (χ0) is 28.1. The van der Waals surface area contributed by atoms with Gasteiger partial charge in [-0.2, -0.15) is 11.8 Å². The molecule has 0 radical (unpaired) electrons. The van der Waals surface area contributed by atoms with Crippen LogP contribution in [0.15, 0.2) is 0 Å². The van der Waals surface area contributed by atoms with Crippen LogP contribution in [0.3, 0.4) is 0 Å². The van der Waals surface area contributed by atoms with E-state index < -0.39 is 0 Å². The molecule has 0 amide bonds.